The number of pyridine rings is 2. The Morgan fingerprint density at radius 1 is 1.29 bits per heavy atom. The van der Waals surface area contributed by atoms with Crippen LogP contribution in [0.3, 0.4) is 0 Å². The molecule has 4 nitrogen and oxygen atoms in total. The van der Waals surface area contributed by atoms with Crippen LogP contribution in [0.4, 0.5) is 10.1 Å². The minimum atomic E-state index is -0.674. The molecular formula is C11H7ClFN3O. The summed E-state index contributed by atoms with van der Waals surface area (Å²) in [6.45, 7) is 0. The summed E-state index contributed by atoms with van der Waals surface area (Å²) in [6.07, 6.45) is 3.71. The molecule has 2 aromatic heterocycles. The van der Waals surface area contributed by atoms with Gasteiger partial charge in [0.2, 0.25) is 0 Å². The van der Waals surface area contributed by atoms with Crippen molar-refractivity contribution < 1.29 is 9.18 Å². The molecule has 86 valence electrons. The summed E-state index contributed by atoms with van der Waals surface area (Å²) in [5.41, 5.74) is 0.366. The average Bonchev–Trinajstić information content (AvgIpc) is 2.32. The van der Waals surface area contributed by atoms with E-state index in [1.54, 1.807) is 6.07 Å². The molecule has 0 saturated carbocycles. The van der Waals surface area contributed by atoms with Gasteiger partial charge >= 0.3 is 0 Å². The van der Waals surface area contributed by atoms with E-state index in [0.717, 1.165) is 6.20 Å². The standard InChI is InChI=1S/C11H7ClFN3O/c12-10-2-1-7(5-15-10)16-11(17)8-3-4-14-6-9(8)13/h1-6H,(H,16,17). The Balaban J connectivity index is 2.17. The number of nitrogens with one attached hydrogen (secondary N) is 1. The van der Waals surface area contributed by atoms with E-state index in [9.17, 15) is 9.18 Å². The van der Waals surface area contributed by atoms with Gasteiger partial charge in [0.25, 0.3) is 5.91 Å². The number of nitrogens with zero attached hydrogens (tertiary/aromatic N) is 2. The summed E-state index contributed by atoms with van der Waals surface area (Å²) in [4.78, 5) is 19.0. The molecule has 0 spiro atoms. The molecule has 0 aromatic carbocycles. The zero-order chi connectivity index (χ0) is 12.3. The van der Waals surface area contributed by atoms with E-state index in [-0.39, 0.29) is 5.56 Å². The molecule has 6 heteroatoms. The van der Waals surface area contributed by atoms with Crippen LogP contribution in [0, 0.1) is 5.82 Å². The number of aromatic nitrogens is 2. The van der Waals surface area contributed by atoms with Gasteiger partial charge in [-0.3, -0.25) is 9.78 Å². The molecule has 0 atom stereocenters. The van der Waals surface area contributed by atoms with Gasteiger partial charge in [-0.2, -0.15) is 0 Å². The van der Waals surface area contributed by atoms with Crippen LogP contribution < -0.4 is 5.32 Å². The molecule has 17 heavy (non-hydrogen) atoms. The van der Waals surface area contributed by atoms with Crippen LogP contribution in [0.1, 0.15) is 10.4 Å². The van der Waals surface area contributed by atoms with Crippen LogP contribution in [-0.2, 0) is 0 Å². The number of anilines is 1. The first kappa shape index (κ1) is 11.5. The van der Waals surface area contributed by atoms with Gasteiger partial charge in [-0.15, -0.1) is 0 Å². The molecule has 0 saturated heterocycles. The summed E-state index contributed by atoms with van der Waals surface area (Å²) in [5, 5.41) is 2.82. The van der Waals surface area contributed by atoms with Crippen LogP contribution >= 0.6 is 11.6 Å². The lowest BCUT2D eigenvalue weighted by Gasteiger charge is -2.05. The monoisotopic (exact) mass is 251 g/mol. The van der Waals surface area contributed by atoms with Gasteiger partial charge in [-0.05, 0) is 18.2 Å². The Kier molecular flexibility index (Phi) is 3.30. The fourth-order valence-corrected chi connectivity index (χ4v) is 1.32. The highest BCUT2D eigenvalue weighted by Gasteiger charge is 2.11. The van der Waals surface area contributed by atoms with E-state index in [0.29, 0.717) is 10.8 Å². The third-order valence-corrected chi connectivity index (χ3v) is 2.23. The molecule has 1 N–H and O–H groups in total. The molecule has 0 unspecified atom stereocenters. The van der Waals surface area contributed by atoms with Gasteiger partial charge in [-0.1, -0.05) is 11.6 Å². The number of rotatable bonds is 2. The van der Waals surface area contributed by atoms with Crippen molar-refractivity contribution in [2.45, 2.75) is 0 Å². The van der Waals surface area contributed by atoms with Gasteiger partial charge < -0.3 is 5.32 Å². The maximum absolute atomic E-state index is 13.2. The van der Waals surface area contributed by atoms with Crippen molar-refractivity contribution in [1.29, 1.82) is 0 Å². The van der Waals surface area contributed by atoms with Gasteiger partial charge in [0.05, 0.1) is 23.6 Å². The lowest BCUT2D eigenvalue weighted by Crippen LogP contribution is -2.13. The quantitative estimate of drug-likeness (QED) is 0.835. The molecular weight excluding hydrogens is 245 g/mol. The number of carbonyl (C=O) groups is 1. The summed E-state index contributed by atoms with van der Waals surface area (Å²) in [7, 11) is 0. The molecule has 0 bridgehead atoms. The van der Waals surface area contributed by atoms with Crippen LogP contribution in [0.25, 0.3) is 0 Å². The average molecular weight is 252 g/mol. The Labute approximate surface area is 101 Å². The maximum atomic E-state index is 13.2. The molecule has 2 aromatic rings. The predicted octanol–water partition coefficient (Wildman–Crippen LogP) is 2.52. The van der Waals surface area contributed by atoms with E-state index in [2.05, 4.69) is 15.3 Å². The van der Waals surface area contributed by atoms with E-state index < -0.39 is 11.7 Å². The van der Waals surface area contributed by atoms with E-state index in [1.807, 2.05) is 0 Å². The second kappa shape index (κ2) is 4.88. The van der Waals surface area contributed by atoms with Crippen molar-refractivity contribution >= 4 is 23.2 Å². The number of carbonyl (C=O) groups excluding carboxylic acids is 1. The Bertz CT molecular complexity index is 545. The van der Waals surface area contributed by atoms with Crippen LogP contribution in [-0.4, -0.2) is 15.9 Å². The molecule has 1 amide bonds. The first-order valence-electron chi connectivity index (χ1n) is 4.69. The van der Waals surface area contributed by atoms with Crippen molar-refractivity contribution in [3.8, 4) is 0 Å². The SMILES string of the molecule is O=C(Nc1ccc(Cl)nc1)c1ccncc1F. The number of hydrogen-bond acceptors (Lipinski definition) is 3. The fourth-order valence-electron chi connectivity index (χ4n) is 1.21. The second-order valence-corrected chi connectivity index (χ2v) is 3.57. The summed E-state index contributed by atoms with van der Waals surface area (Å²) >= 11 is 5.60. The summed E-state index contributed by atoms with van der Waals surface area (Å²) in [6, 6.07) is 4.40. The molecule has 2 rings (SSSR count). The van der Waals surface area contributed by atoms with Crippen LogP contribution in [0.15, 0.2) is 36.8 Å². The molecule has 0 aliphatic carbocycles. The van der Waals surface area contributed by atoms with Crippen molar-refractivity contribution in [3.63, 3.8) is 0 Å². The topological polar surface area (TPSA) is 54.9 Å². The number of amides is 1. The summed E-state index contributed by atoms with van der Waals surface area (Å²) in [5.74, 6) is -1.24. The zero-order valence-corrected chi connectivity index (χ0v) is 9.28. The highest BCUT2D eigenvalue weighted by atomic mass is 35.5. The Morgan fingerprint density at radius 2 is 2.12 bits per heavy atom. The fraction of sp³-hybridized carbons (Fsp3) is 0. The normalized spacial score (nSPS) is 10.0. The summed E-state index contributed by atoms with van der Waals surface area (Å²) < 4.78 is 13.2. The van der Waals surface area contributed by atoms with Crippen molar-refractivity contribution in [1.82, 2.24) is 9.97 Å². The van der Waals surface area contributed by atoms with Crippen LogP contribution in [0.5, 0.6) is 0 Å². The van der Waals surface area contributed by atoms with Gasteiger partial charge in [0.15, 0.2) is 5.82 Å². The first-order chi connectivity index (χ1) is 8.16. The first-order valence-corrected chi connectivity index (χ1v) is 5.07. The second-order valence-electron chi connectivity index (χ2n) is 3.18. The van der Waals surface area contributed by atoms with Gasteiger partial charge in [0, 0.05) is 6.20 Å². The Morgan fingerprint density at radius 3 is 2.76 bits per heavy atom. The molecule has 2 heterocycles. The highest BCUT2D eigenvalue weighted by molar-refractivity contribution is 6.29. The predicted molar refractivity (Wildman–Crippen MR) is 61.4 cm³/mol. The van der Waals surface area contributed by atoms with Crippen molar-refractivity contribution in [2.75, 3.05) is 5.32 Å². The number of halogens is 2. The minimum absolute atomic E-state index is 0.0741. The molecule has 0 aliphatic heterocycles. The van der Waals surface area contributed by atoms with E-state index in [4.69, 9.17) is 11.6 Å². The van der Waals surface area contributed by atoms with Gasteiger partial charge in [0.1, 0.15) is 5.15 Å². The third kappa shape index (κ3) is 2.76. The Hall–Kier alpha value is -2.01. The lowest BCUT2D eigenvalue weighted by molar-refractivity contribution is 0.102. The van der Waals surface area contributed by atoms with E-state index in [1.165, 1.54) is 24.5 Å². The van der Waals surface area contributed by atoms with Crippen molar-refractivity contribution in [2.24, 2.45) is 0 Å². The molecule has 0 radical (unpaired) electrons. The highest BCUT2D eigenvalue weighted by Crippen LogP contribution is 2.12. The number of hydrogen-bond donors (Lipinski definition) is 1. The van der Waals surface area contributed by atoms with Crippen LogP contribution in [0.2, 0.25) is 5.15 Å². The smallest absolute Gasteiger partial charge is 0.258 e. The third-order valence-electron chi connectivity index (χ3n) is 2.00. The zero-order valence-electron chi connectivity index (χ0n) is 8.52. The van der Waals surface area contributed by atoms with E-state index >= 15 is 0 Å². The molecule has 0 aliphatic rings. The van der Waals surface area contributed by atoms with Gasteiger partial charge in [-0.25, -0.2) is 9.37 Å². The minimum Gasteiger partial charge on any atom is -0.320 e. The maximum Gasteiger partial charge on any atom is 0.258 e. The molecule has 0 fully saturated rings. The lowest BCUT2D eigenvalue weighted by atomic mass is 10.2. The largest absolute Gasteiger partial charge is 0.320 e. The van der Waals surface area contributed by atoms with Crippen molar-refractivity contribution in [3.05, 3.63) is 53.3 Å².